The molecule has 6 nitrogen and oxygen atoms in total. The number of carbonyl (C=O) groups excluding carboxylic acids is 2. The molecule has 0 unspecified atom stereocenters. The van der Waals surface area contributed by atoms with Gasteiger partial charge in [0.25, 0.3) is 0 Å². The van der Waals surface area contributed by atoms with Crippen LogP contribution in [-0.2, 0) is 14.8 Å². The Morgan fingerprint density at radius 2 is 1.80 bits per heavy atom. The number of nitrogens with two attached hydrogens (primary N) is 1. The van der Waals surface area contributed by atoms with E-state index in [1.54, 1.807) is 12.1 Å². The summed E-state index contributed by atoms with van der Waals surface area (Å²) >= 11 is 11.7. The van der Waals surface area contributed by atoms with Crippen molar-refractivity contribution in [3.8, 4) is 0 Å². The SMILES string of the molecule is C[C@H](OC(=O)c1cc(S(N)(=O)=O)ccc1Cl)C(=O)c1cccc(Cl)c1. The first-order valence-electron chi connectivity index (χ1n) is 6.92. The van der Waals surface area contributed by atoms with Crippen molar-refractivity contribution < 1.29 is 22.7 Å². The van der Waals surface area contributed by atoms with Crippen LogP contribution in [0.3, 0.4) is 0 Å². The Labute approximate surface area is 154 Å². The number of rotatable bonds is 5. The van der Waals surface area contributed by atoms with Crippen molar-refractivity contribution in [2.24, 2.45) is 5.14 Å². The lowest BCUT2D eigenvalue weighted by Gasteiger charge is -2.13. The average molecular weight is 402 g/mol. The van der Waals surface area contributed by atoms with Crippen LogP contribution in [0.2, 0.25) is 10.0 Å². The van der Waals surface area contributed by atoms with E-state index < -0.39 is 27.9 Å². The maximum atomic E-state index is 12.3. The molecule has 0 aliphatic heterocycles. The molecule has 2 rings (SSSR count). The number of benzene rings is 2. The van der Waals surface area contributed by atoms with Crippen LogP contribution in [0.4, 0.5) is 0 Å². The molecule has 2 N–H and O–H groups in total. The number of primary sulfonamides is 1. The summed E-state index contributed by atoms with van der Waals surface area (Å²) in [5, 5.41) is 5.37. The first-order valence-corrected chi connectivity index (χ1v) is 9.23. The van der Waals surface area contributed by atoms with Crippen LogP contribution in [0.1, 0.15) is 27.6 Å². The number of sulfonamides is 1. The number of hydrogen-bond donors (Lipinski definition) is 1. The number of ether oxygens (including phenoxy) is 1. The van der Waals surface area contributed by atoms with Gasteiger partial charge in [0, 0.05) is 10.6 Å². The zero-order valence-electron chi connectivity index (χ0n) is 12.9. The average Bonchev–Trinajstić information content (AvgIpc) is 2.53. The quantitative estimate of drug-likeness (QED) is 0.612. The monoisotopic (exact) mass is 401 g/mol. The van der Waals surface area contributed by atoms with Gasteiger partial charge in [0.05, 0.1) is 15.5 Å². The van der Waals surface area contributed by atoms with Crippen molar-refractivity contribution in [1.29, 1.82) is 0 Å². The van der Waals surface area contributed by atoms with Gasteiger partial charge >= 0.3 is 5.97 Å². The van der Waals surface area contributed by atoms with Crippen LogP contribution >= 0.6 is 23.2 Å². The zero-order chi connectivity index (χ0) is 18.8. The summed E-state index contributed by atoms with van der Waals surface area (Å²) in [4.78, 5) is 24.2. The van der Waals surface area contributed by atoms with Crippen LogP contribution in [0.25, 0.3) is 0 Å². The van der Waals surface area contributed by atoms with Crippen molar-refractivity contribution in [2.45, 2.75) is 17.9 Å². The summed E-state index contributed by atoms with van der Waals surface area (Å²) in [7, 11) is -4.02. The fourth-order valence-electron chi connectivity index (χ4n) is 1.99. The molecule has 2 aromatic rings. The smallest absolute Gasteiger partial charge is 0.340 e. The highest BCUT2D eigenvalue weighted by Crippen LogP contribution is 2.22. The van der Waals surface area contributed by atoms with Gasteiger partial charge in [-0.15, -0.1) is 0 Å². The molecule has 0 heterocycles. The molecule has 0 aromatic heterocycles. The van der Waals surface area contributed by atoms with E-state index in [1.165, 1.54) is 25.1 Å². The Morgan fingerprint density at radius 3 is 2.40 bits per heavy atom. The summed E-state index contributed by atoms with van der Waals surface area (Å²) in [6, 6.07) is 9.55. The predicted octanol–water partition coefficient (Wildman–Crippen LogP) is 3.07. The summed E-state index contributed by atoms with van der Waals surface area (Å²) in [5.74, 6) is -1.41. The van der Waals surface area contributed by atoms with E-state index in [2.05, 4.69) is 0 Å². The Balaban J connectivity index is 2.23. The lowest BCUT2D eigenvalue weighted by atomic mass is 10.1. The van der Waals surface area contributed by atoms with Crippen molar-refractivity contribution >= 4 is 45.0 Å². The minimum atomic E-state index is -4.02. The van der Waals surface area contributed by atoms with Crippen LogP contribution < -0.4 is 5.14 Å². The summed E-state index contributed by atoms with van der Waals surface area (Å²) in [6.45, 7) is 1.39. The van der Waals surface area contributed by atoms with E-state index in [4.69, 9.17) is 33.1 Å². The molecular weight excluding hydrogens is 389 g/mol. The summed E-state index contributed by atoms with van der Waals surface area (Å²) in [6.07, 6.45) is -1.12. The minimum Gasteiger partial charge on any atom is -0.451 e. The van der Waals surface area contributed by atoms with Gasteiger partial charge in [0.2, 0.25) is 15.8 Å². The van der Waals surface area contributed by atoms with Gasteiger partial charge < -0.3 is 4.74 Å². The Bertz CT molecular complexity index is 943. The van der Waals surface area contributed by atoms with Gasteiger partial charge in [0.15, 0.2) is 6.10 Å². The van der Waals surface area contributed by atoms with E-state index in [-0.39, 0.29) is 21.0 Å². The number of hydrogen-bond acceptors (Lipinski definition) is 5. The number of ketones is 1. The second kappa shape index (κ2) is 7.53. The van der Waals surface area contributed by atoms with Gasteiger partial charge in [-0.1, -0.05) is 35.3 Å². The van der Waals surface area contributed by atoms with Crippen LogP contribution in [-0.4, -0.2) is 26.3 Å². The second-order valence-corrected chi connectivity index (χ2v) is 7.51. The summed E-state index contributed by atoms with van der Waals surface area (Å²) in [5.41, 5.74) is 0.0659. The third-order valence-electron chi connectivity index (χ3n) is 3.25. The number of esters is 1. The first kappa shape index (κ1) is 19.4. The molecule has 0 radical (unpaired) electrons. The zero-order valence-corrected chi connectivity index (χ0v) is 15.2. The maximum Gasteiger partial charge on any atom is 0.340 e. The molecule has 2 aromatic carbocycles. The van der Waals surface area contributed by atoms with Gasteiger partial charge in [-0.25, -0.2) is 18.4 Å². The lowest BCUT2D eigenvalue weighted by Crippen LogP contribution is -2.25. The van der Waals surface area contributed by atoms with E-state index >= 15 is 0 Å². The number of carbonyl (C=O) groups is 2. The fourth-order valence-corrected chi connectivity index (χ4v) is 2.92. The Morgan fingerprint density at radius 1 is 1.12 bits per heavy atom. The van der Waals surface area contributed by atoms with Gasteiger partial charge in [0.1, 0.15) is 0 Å². The highest BCUT2D eigenvalue weighted by molar-refractivity contribution is 7.89. The molecule has 25 heavy (non-hydrogen) atoms. The third kappa shape index (κ3) is 4.79. The van der Waals surface area contributed by atoms with Crippen LogP contribution in [0, 0.1) is 0 Å². The van der Waals surface area contributed by atoms with Crippen LogP contribution in [0.15, 0.2) is 47.4 Å². The van der Waals surface area contributed by atoms with Crippen molar-refractivity contribution in [3.05, 3.63) is 63.6 Å². The number of Topliss-reactive ketones (excluding diaryl/α,β-unsaturated/α-hetero) is 1. The molecule has 0 bridgehead atoms. The van der Waals surface area contributed by atoms with Gasteiger partial charge in [-0.05, 0) is 37.3 Å². The van der Waals surface area contributed by atoms with E-state index in [0.29, 0.717) is 5.02 Å². The standard InChI is InChI=1S/C16H13Cl2NO5S/c1-9(15(20)10-3-2-4-11(17)7-10)24-16(21)13-8-12(25(19,22)23)5-6-14(13)18/h2-9H,1H3,(H2,19,22,23)/t9-/m0/s1. The molecule has 132 valence electrons. The lowest BCUT2D eigenvalue weighted by molar-refractivity contribution is 0.0318. The minimum absolute atomic E-state index is 0.0280. The molecule has 0 aliphatic carbocycles. The highest BCUT2D eigenvalue weighted by atomic mass is 35.5. The molecule has 1 atom stereocenters. The molecule has 0 saturated carbocycles. The molecule has 0 aliphatic rings. The van der Waals surface area contributed by atoms with Crippen molar-refractivity contribution in [3.63, 3.8) is 0 Å². The largest absolute Gasteiger partial charge is 0.451 e. The van der Waals surface area contributed by atoms with Crippen molar-refractivity contribution in [2.75, 3.05) is 0 Å². The Hall–Kier alpha value is -1.93. The van der Waals surface area contributed by atoms with Crippen LogP contribution in [0.5, 0.6) is 0 Å². The highest BCUT2D eigenvalue weighted by Gasteiger charge is 2.23. The third-order valence-corrected chi connectivity index (χ3v) is 4.72. The fraction of sp³-hybridized carbons (Fsp3) is 0.125. The van der Waals surface area contributed by atoms with Gasteiger partial charge in [-0.3, -0.25) is 4.79 Å². The first-order chi connectivity index (χ1) is 11.6. The predicted molar refractivity (Wildman–Crippen MR) is 93.5 cm³/mol. The Kier molecular flexibility index (Phi) is 5.84. The van der Waals surface area contributed by atoms with E-state index in [1.807, 2.05) is 0 Å². The van der Waals surface area contributed by atoms with Crippen molar-refractivity contribution in [1.82, 2.24) is 0 Å². The molecule has 0 saturated heterocycles. The molecule has 0 fully saturated rings. The van der Waals surface area contributed by atoms with E-state index in [0.717, 1.165) is 12.1 Å². The maximum absolute atomic E-state index is 12.3. The summed E-state index contributed by atoms with van der Waals surface area (Å²) < 4.78 is 27.9. The van der Waals surface area contributed by atoms with Gasteiger partial charge in [-0.2, -0.15) is 0 Å². The topological polar surface area (TPSA) is 104 Å². The number of halogens is 2. The molecule has 0 spiro atoms. The molecular formula is C16H13Cl2NO5S. The molecule has 0 amide bonds. The van der Waals surface area contributed by atoms with E-state index in [9.17, 15) is 18.0 Å². The molecule has 9 heteroatoms. The second-order valence-electron chi connectivity index (χ2n) is 5.11. The normalized spacial score (nSPS) is 12.5.